The van der Waals surface area contributed by atoms with Crippen molar-refractivity contribution < 1.29 is 8.42 Å². The van der Waals surface area contributed by atoms with Crippen LogP contribution < -0.4 is 10.6 Å². The highest BCUT2D eigenvalue weighted by atomic mass is 127. The van der Waals surface area contributed by atoms with Crippen LogP contribution >= 0.6 is 24.0 Å². The average molecular weight is 430 g/mol. The molecule has 1 heterocycles. The Morgan fingerprint density at radius 3 is 2.52 bits per heavy atom. The molecule has 1 aliphatic heterocycles. The predicted molar refractivity (Wildman–Crippen MR) is 97.2 cm³/mol. The largest absolute Gasteiger partial charge is 0.355 e. The molecule has 21 heavy (non-hydrogen) atoms. The zero-order valence-corrected chi connectivity index (χ0v) is 16.1. The van der Waals surface area contributed by atoms with Gasteiger partial charge in [-0.2, -0.15) is 0 Å². The average Bonchev–Trinajstić information content (AvgIpc) is 3.18. The molecule has 2 rings (SSSR count). The number of hydrogen-bond acceptors (Lipinski definition) is 4. The molecule has 0 aromatic heterocycles. The fourth-order valence-electron chi connectivity index (χ4n) is 2.53. The van der Waals surface area contributed by atoms with Gasteiger partial charge < -0.3 is 10.6 Å². The van der Waals surface area contributed by atoms with Crippen molar-refractivity contribution in [2.75, 3.05) is 32.1 Å². The monoisotopic (exact) mass is 430 g/mol. The summed E-state index contributed by atoms with van der Waals surface area (Å²) in [5.74, 6) is 1.19. The Morgan fingerprint density at radius 1 is 1.38 bits per heavy atom. The van der Waals surface area contributed by atoms with Gasteiger partial charge in [0.25, 0.3) is 0 Å². The number of nitrogens with zero attached hydrogens (tertiary/aromatic N) is 2. The van der Waals surface area contributed by atoms with Crippen molar-refractivity contribution in [1.29, 1.82) is 0 Å². The molecule has 0 amide bonds. The van der Waals surface area contributed by atoms with Gasteiger partial charge in [-0.1, -0.05) is 0 Å². The van der Waals surface area contributed by atoms with Crippen molar-refractivity contribution >= 4 is 39.8 Å². The van der Waals surface area contributed by atoms with Crippen molar-refractivity contribution in [3.8, 4) is 0 Å². The molecule has 0 aromatic rings. The first kappa shape index (κ1) is 19.0. The van der Waals surface area contributed by atoms with Crippen molar-refractivity contribution in [2.45, 2.75) is 44.3 Å². The fraction of sp³-hybridized carbons (Fsp3) is 0.923. The Kier molecular flexibility index (Phi) is 7.18. The summed E-state index contributed by atoms with van der Waals surface area (Å²) in [5, 5.41) is 6.49. The number of likely N-dealkylation sites (N-methyl/N-ethyl adjacent to an activating group) is 1. The minimum Gasteiger partial charge on any atom is -0.355 e. The minimum absolute atomic E-state index is 0. The van der Waals surface area contributed by atoms with Crippen molar-refractivity contribution in [2.24, 2.45) is 4.99 Å². The summed E-state index contributed by atoms with van der Waals surface area (Å²) in [4.78, 5) is 6.56. The highest BCUT2D eigenvalue weighted by molar-refractivity contribution is 14.0. The molecule has 1 saturated carbocycles. The normalized spacial score (nSPS) is 26.3. The third-order valence-corrected chi connectivity index (χ3v) is 5.95. The molecular formula is C13H27IN4O2S. The van der Waals surface area contributed by atoms with Gasteiger partial charge in [-0.05, 0) is 33.2 Å². The molecule has 2 aliphatic rings. The van der Waals surface area contributed by atoms with E-state index < -0.39 is 9.84 Å². The number of guanidine groups is 1. The van der Waals surface area contributed by atoms with Gasteiger partial charge in [-0.15, -0.1) is 24.0 Å². The molecule has 6 nitrogen and oxygen atoms in total. The summed E-state index contributed by atoms with van der Waals surface area (Å²) in [5.41, 5.74) is 0. The third-order valence-electron chi connectivity index (χ3n) is 4.18. The van der Waals surface area contributed by atoms with Gasteiger partial charge in [0.1, 0.15) is 0 Å². The standard InChI is InChI=1S/C13H26N4O2S.HI/c1-10(17(3)12-4-5-12)8-15-13(14-2)16-11-6-7-20(18,19)9-11;/h10-12H,4-9H2,1-3H3,(H2,14,15,16);1H. The molecule has 0 bridgehead atoms. The molecule has 1 saturated heterocycles. The Morgan fingerprint density at radius 2 is 2.05 bits per heavy atom. The topological polar surface area (TPSA) is 73.8 Å². The van der Waals surface area contributed by atoms with Gasteiger partial charge in [-0.3, -0.25) is 9.89 Å². The predicted octanol–water partition coefficient (Wildman–Crippen LogP) is 0.439. The van der Waals surface area contributed by atoms with Gasteiger partial charge in [0.15, 0.2) is 15.8 Å². The molecule has 124 valence electrons. The molecule has 8 heteroatoms. The second kappa shape index (κ2) is 7.96. The van der Waals surface area contributed by atoms with Crippen LogP contribution in [-0.2, 0) is 9.84 Å². The number of nitrogens with one attached hydrogen (secondary N) is 2. The summed E-state index contributed by atoms with van der Waals surface area (Å²) >= 11 is 0. The van der Waals surface area contributed by atoms with Crippen molar-refractivity contribution in [3.05, 3.63) is 0 Å². The van der Waals surface area contributed by atoms with Gasteiger partial charge in [0.2, 0.25) is 0 Å². The van der Waals surface area contributed by atoms with Crippen LogP contribution in [0.1, 0.15) is 26.2 Å². The second-order valence-electron chi connectivity index (χ2n) is 5.94. The van der Waals surface area contributed by atoms with E-state index in [1.54, 1.807) is 7.05 Å². The fourth-order valence-corrected chi connectivity index (χ4v) is 4.20. The van der Waals surface area contributed by atoms with E-state index in [2.05, 4.69) is 34.5 Å². The number of halogens is 1. The lowest BCUT2D eigenvalue weighted by atomic mass is 10.2. The summed E-state index contributed by atoms with van der Waals surface area (Å²) in [6.07, 6.45) is 3.27. The lowest BCUT2D eigenvalue weighted by molar-refractivity contribution is 0.247. The van der Waals surface area contributed by atoms with Gasteiger partial charge in [0, 0.05) is 31.7 Å². The molecule has 2 N–H and O–H groups in total. The number of hydrogen-bond donors (Lipinski definition) is 2. The van der Waals surface area contributed by atoms with Gasteiger partial charge in [0.05, 0.1) is 11.5 Å². The van der Waals surface area contributed by atoms with Crippen LogP contribution in [0.3, 0.4) is 0 Å². The van der Waals surface area contributed by atoms with E-state index >= 15 is 0 Å². The maximum atomic E-state index is 11.4. The molecule has 1 aliphatic carbocycles. The van der Waals surface area contributed by atoms with E-state index in [-0.39, 0.29) is 41.5 Å². The van der Waals surface area contributed by atoms with Crippen LogP contribution in [-0.4, -0.2) is 69.5 Å². The summed E-state index contributed by atoms with van der Waals surface area (Å²) < 4.78 is 22.9. The first-order valence-electron chi connectivity index (χ1n) is 7.31. The highest BCUT2D eigenvalue weighted by Crippen LogP contribution is 2.26. The number of rotatable bonds is 5. The van der Waals surface area contributed by atoms with E-state index in [0.29, 0.717) is 18.4 Å². The first-order valence-corrected chi connectivity index (χ1v) is 9.13. The molecule has 2 fully saturated rings. The van der Waals surface area contributed by atoms with E-state index in [1.165, 1.54) is 12.8 Å². The zero-order valence-electron chi connectivity index (χ0n) is 13.0. The highest BCUT2D eigenvalue weighted by Gasteiger charge is 2.30. The van der Waals surface area contributed by atoms with E-state index in [1.807, 2.05) is 0 Å². The number of sulfone groups is 1. The molecule has 0 aromatic carbocycles. The van der Waals surface area contributed by atoms with Crippen LogP contribution in [0.15, 0.2) is 4.99 Å². The van der Waals surface area contributed by atoms with Crippen molar-refractivity contribution in [3.63, 3.8) is 0 Å². The lowest BCUT2D eigenvalue weighted by Crippen LogP contribution is -2.48. The Labute approximate surface area is 145 Å². The van der Waals surface area contributed by atoms with E-state index in [4.69, 9.17) is 0 Å². The molecule has 2 atom stereocenters. The minimum atomic E-state index is -2.85. The quantitative estimate of drug-likeness (QED) is 0.376. The Balaban J connectivity index is 0.00000220. The summed E-state index contributed by atoms with van der Waals surface area (Å²) in [7, 11) is 1.02. The maximum Gasteiger partial charge on any atom is 0.191 e. The lowest BCUT2D eigenvalue weighted by Gasteiger charge is -2.26. The summed E-state index contributed by atoms with van der Waals surface area (Å²) in [6, 6.07) is 1.16. The van der Waals surface area contributed by atoms with Crippen molar-refractivity contribution in [1.82, 2.24) is 15.5 Å². The smallest absolute Gasteiger partial charge is 0.191 e. The van der Waals surface area contributed by atoms with Gasteiger partial charge in [-0.25, -0.2) is 8.42 Å². The summed E-state index contributed by atoms with van der Waals surface area (Å²) in [6.45, 7) is 3.00. The molecule has 0 radical (unpaired) electrons. The van der Waals surface area contributed by atoms with Crippen LogP contribution in [0.2, 0.25) is 0 Å². The maximum absolute atomic E-state index is 11.4. The molecule has 0 spiro atoms. The molecular weight excluding hydrogens is 403 g/mol. The Bertz CT molecular complexity index is 465. The third kappa shape index (κ3) is 5.90. The van der Waals surface area contributed by atoms with Gasteiger partial charge >= 0.3 is 0 Å². The SMILES string of the molecule is CN=C(NCC(C)N(C)C1CC1)NC1CCS(=O)(=O)C1.I. The van der Waals surface area contributed by atoms with E-state index in [9.17, 15) is 8.42 Å². The number of aliphatic imine (C=N–C) groups is 1. The zero-order chi connectivity index (χ0) is 14.8. The second-order valence-corrected chi connectivity index (χ2v) is 8.17. The first-order chi connectivity index (χ1) is 9.41. The Hall–Kier alpha value is -0.0900. The van der Waals surface area contributed by atoms with Crippen LogP contribution in [0, 0.1) is 0 Å². The molecule has 2 unspecified atom stereocenters. The van der Waals surface area contributed by atoms with E-state index in [0.717, 1.165) is 12.6 Å². The van der Waals surface area contributed by atoms with Crippen LogP contribution in [0.4, 0.5) is 0 Å². The van der Waals surface area contributed by atoms with Crippen LogP contribution in [0.5, 0.6) is 0 Å². The van der Waals surface area contributed by atoms with Crippen LogP contribution in [0.25, 0.3) is 0 Å².